The number of carbonyl (C=O) groups excluding carboxylic acids is 1. The molecule has 0 heterocycles. The van der Waals surface area contributed by atoms with Crippen molar-refractivity contribution in [3.63, 3.8) is 0 Å². The minimum absolute atomic E-state index is 0.306. The van der Waals surface area contributed by atoms with E-state index in [1.807, 2.05) is 66.7 Å². The Bertz CT molecular complexity index is 919. The van der Waals surface area contributed by atoms with Crippen LogP contribution < -0.4 is 10.2 Å². The highest BCUT2D eigenvalue weighted by molar-refractivity contribution is 9.10. The monoisotopic (exact) mass is 396 g/mol. The maximum atomic E-state index is 12.2. The van der Waals surface area contributed by atoms with E-state index in [2.05, 4.69) is 26.5 Å². The summed E-state index contributed by atoms with van der Waals surface area (Å²) in [5.74, 6) is 0.371. The molecule has 5 heteroatoms. The Hall–Kier alpha value is -2.66. The summed E-state index contributed by atoms with van der Waals surface area (Å²) in [6.45, 7) is 1.70. The highest BCUT2D eigenvalue weighted by Gasteiger charge is 2.15. The smallest absolute Gasteiger partial charge is 0.280 e. The summed E-state index contributed by atoms with van der Waals surface area (Å²) in [4.78, 5) is 12.2. The zero-order valence-electron chi connectivity index (χ0n) is 13.6. The van der Waals surface area contributed by atoms with Gasteiger partial charge in [-0.05, 0) is 36.1 Å². The Labute approximate surface area is 154 Å². The molecule has 3 aromatic rings. The van der Waals surface area contributed by atoms with Gasteiger partial charge < -0.3 is 4.74 Å². The first-order chi connectivity index (χ1) is 12.1. The van der Waals surface area contributed by atoms with Crippen molar-refractivity contribution in [1.29, 1.82) is 0 Å². The predicted octanol–water partition coefficient (Wildman–Crippen LogP) is 4.52. The van der Waals surface area contributed by atoms with Crippen LogP contribution in [0.15, 0.2) is 76.3 Å². The van der Waals surface area contributed by atoms with Crippen molar-refractivity contribution in [3.05, 3.63) is 76.8 Å². The van der Waals surface area contributed by atoms with Crippen LogP contribution in [0.1, 0.15) is 12.5 Å². The molecule has 25 heavy (non-hydrogen) atoms. The highest BCUT2D eigenvalue weighted by Crippen LogP contribution is 2.26. The van der Waals surface area contributed by atoms with Gasteiger partial charge in [-0.15, -0.1) is 0 Å². The number of ether oxygens (including phenoxy) is 1. The summed E-state index contributed by atoms with van der Waals surface area (Å²) in [6.07, 6.45) is 0.929. The Morgan fingerprint density at radius 3 is 2.72 bits per heavy atom. The lowest BCUT2D eigenvalue weighted by atomic mass is 10.1. The van der Waals surface area contributed by atoms with Crippen molar-refractivity contribution in [3.8, 4) is 5.75 Å². The molecular formula is C20H17BrN2O2. The van der Waals surface area contributed by atoms with E-state index in [0.717, 1.165) is 20.8 Å². The molecule has 0 spiro atoms. The molecule has 4 nitrogen and oxygen atoms in total. The van der Waals surface area contributed by atoms with Crippen molar-refractivity contribution >= 4 is 38.8 Å². The molecule has 0 aliphatic carbocycles. The third kappa shape index (κ3) is 4.45. The molecule has 0 bridgehead atoms. The van der Waals surface area contributed by atoms with Crippen molar-refractivity contribution in [1.82, 2.24) is 5.43 Å². The Balaban J connectivity index is 1.64. The summed E-state index contributed by atoms with van der Waals surface area (Å²) in [5.41, 5.74) is 3.40. The quantitative estimate of drug-likeness (QED) is 0.509. The number of hydrazone groups is 1. The number of fused-ring (bicyclic) bond motifs is 1. The van der Waals surface area contributed by atoms with Gasteiger partial charge in [0.05, 0.1) is 6.21 Å². The maximum Gasteiger partial charge on any atom is 0.280 e. The second-order valence-electron chi connectivity index (χ2n) is 5.53. The molecule has 0 aliphatic rings. The lowest BCUT2D eigenvalue weighted by Gasteiger charge is -2.14. The molecule has 1 N–H and O–H groups in total. The highest BCUT2D eigenvalue weighted by atomic mass is 79.9. The average molecular weight is 397 g/mol. The summed E-state index contributed by atoms with van der Waals surface area (Å²) >= 11 is 3.39. The van der Waals surface area contributed by atoms with E-state index in [1.165, 1.54) is 0 Å². The normalized spacial score (nSPS) is 12.2. The molecule has 0 fully saturated rings. The third-order valence-corrected chi connectivity index (χ3v) is 4.15. The van der Waals surface area contributed by atoms with Crippen molar-refractivity contribution < 1.29 is 9.53 Å². The fourth-order valence-corrected chi connectivity index (χ4v) is 2.81. The van der Waals surface area contributed by atoms with Gasteiger partial charge in [0.1, 0.15) is 5.75 Å². The Morgan fingerprint density at radius 2 is 1.88 bits per heavy atom. The standard InChI is InChI=1S/C20H17BrN2O2/c1-14(20(24)23-22-13-15-6-4-9-17(21)12-15)25-19-11-5-8-16-7-2-3-10-18(16)19/h2-14H,1H3,(H,23,24). The first-order valence-electron chi connectivity index (χ1n) is 7.86. The lowest BCUT2D eigenvalue weighted by molar-refractivity contribution is -0.127. The molecule has 1 amide bonds. The summed E-state index contributed by atoms with van der Waals surface area (Å²) in [5, 5.41) is 6.03. The first kappa shape index (κ1) is 17.2. The van der Waals surface area contributed by atoms with Crippen LogP contribution in [0, 0.1) is 0 Å². The zero-order chi connectivity index (χ0) is 17.6. The van der Waals surface area contributed by atoms with Crippen LogP contribution in [-0.4, -0.2) is 18.2 Å². The number of hydrogen-bond donors (Lipinski definition) is 1. The largest absolute Gasteiger partial charge is 0.480 e. The molecule has 0 saturated carbocycles. The number of nitrogens with one attached hydrogen (secondary N) is 1. The van der Waals surface area contributed by atoms with Gasteiger partial charge in [-0.3, -0.25) is 4.79 Å². The van der Waals surface area contributed by atoms with Gasteiger partial charge in [0.15, 0.2) is 6.10 Å². The van der Waals surface area contributed by atoms with Crippen molar-refractivity contribution in [2.75, 3.05) is 0 Å². The van der Waals surface area contributed by atoms with Crippen LogP contribution >= 0.6 is 15.9 Å². The van der Waals surface area contributed by atoms with Crippen LogP contribution in [0.25, 0.3) is 10.8 Å². The van der Waals surface area contributed by atoms with E-state index < -0.39 is 6.10 Å². The van der Waals surface area contributed by atoms with Crippen LogP contribution in [0.4, 0.5) is 0 Å². The number of halogens is 1. The lowest BCUT2D eigenvalue weighted by Crippen LogP contribution is -2.33. The topological polar surface area (TPSA) is 50.7 Å². The number of hydrogen-bond acceptors (Lipinski definition) is 3. The fourth-order valence-electron chi connectivity index (χ4n) is 2.39. The number of carbonyl (C=O) groups is 1. The number of benzene rings is 3. The molecule has 0 aromatic heterocycles. The maximum absolute atomic E-state index is 12.2. The molecule has 1 atom stereocenters. The molecule has 0 aliphatic heterocycles. The average Bonchev–Trinajstić information content (AvgIpc) is 2.62. The van der Waals surface area contributed by atoms with E-state index in [4.69, 9.17) is 4.74 Å². The first-order valence-corrected chi connectivity index (χ1v) is 8.66. The van der Waals surface area contributed by atoms with Crippen LogP contribution in [0.5, 0.6) is 5.75 Å². The summed E-state index contributed by atoms with van der Waals surface area (Å²) < 4.78 is 6.77. The SMILES string of the molecule is CC(Oc1cccc2ccccc12)C(=O)NN=Cc1cccc(Br)c1. The molecule has 0 saturated heterocycles. The molecule has 126 valence electrons. The molecule has 1 unspecified atom stereocenters. The van der Waals surface area contributed by atoms with Crippen LogP contribution in [0.2, 0.25) is 0 Å². The second kappa shape index (κ2) is 7.94. The minimum Gasteiger partial charge on any atom is -0.480 e. The zero-order valence-corrected chi connectivity index (χ0v) is 15.2. The molecule has 3 aromatic carbocycles. The Morgan fingerprint density at radius 1 is 1.12 bits per heavy atom. The fraction of sp³-hybridized carbons (Fsp3) is 0.100. The summed E-state index contributed by atoms with van der Waals surface area (Å²) in [6, 6.07) is 21.3. The van der Waals surface area contributed by atoms with E-state index in [-0.39, 0.29) is 5.91 Å². The van der Waals surface area contributed by atoms with Crippen molar-refractivity contribution in [2.24, 2.45) is 5.10 Å². The van der Waals surface area contributed by atoms with Crippen LogP contribution in [-0.2, 0) is 4.79 Å². The second-order valence-corrected chi connectivity index (χ2v) is 6.44. The molecule has 3 rings (SSSR count). The van der Waals surface area contributed by atoms with Gasteiger partial charge in [-0.1, -0.05) is 64.5 Å². The third-order valence-electron chi connectivity index (χ3n) is 3.66. The van der Waals surface area contributed by atoms with E-state index in [0.29, 0.717) is 5.75 Å². The van der Waals surface area contributed by atoms with Gasteiger partial charge in [0, 0.05) is 9.86 Å². The van der Waals surface area contributed by atoms with E-state index in [9.17, 15) is 4.79 Å². The van der Waals surface area contributed by atoms with Gasteiger partial charge in [0.25, 0.3) is 5.91 Å². The number of nitrogens with zero attached hydrogens (tertiary/aromatic N) is 1. The molecular weight excluding hydrogens is 380 g/mol. The molecule has 0 radical (unpaired) electrons. The number of rotatable bonds is 5. The summed E-state index contributed by atoms with van der Waals surface area (Å²) in [7, 11) is 0. The van der Waals surface area contributed by atoms with Gasteiger partial charge in [0.2, 0.25) is 0 Å². The Kier molecular flexibility index (Phi) is 5.46. The predicted molar refractivity (Wildman–Crippen MR) is 104 cm³/mol. The van der Waals surface area contributed by atoms with Gasteiger partial charge >= 0.3 is 0 Å². The van der Waals surface area contributed by atoms with E-state index >= 15 is 0 Å². The minimum atomic E-state index is -0.662. The van der Waals surface area contributed by atoms with Gasteiger partial charge in [-0.2, -0.15) is 5.10 Å². The van der Waals surface area contributed by atoms with Crippen LogP contribution in [0.3, 0.4) is 0 Å². The number of amides is 1. The van der Waals surface area contributed by atoms with Gasteiger partial charge in [-0.25, -0.2) is 5.43 Å². The van der Waals surface area contributed by atoms with E-state index in [1.54, 1.807) is 13.1 Å². The van der Waals surface area contributed by atoms with Crippen molar-refractivity contribution in [2.45, 2.75) is 13.0 Å².